The van der Waals surface area contributed by atoms with Gasteiger partial charge in [-0.3, -0.25) is 0 Å². The van der Waals surface area contributed by atoms with Crippen LogP contribution in [0.3, 0.4) is 0 Å². The Balaban J connectivity index is 2.22. The van der Waals surface area contributed by atoms with Gasteiger partial charge in [-0.1, -0.05) is 17.3 Å². The lowest BCUT2D eigenvalue weighted by atomic mass is 9.89. The van der Waals surface area contributed by atoms with Crippen molar-refractivity contribution in [3.63, 3.8) is 0 Å². The Morgan fingerprint density at radius 1 is 1.52 bits per heavy atom. The van der Waals surface area contributed by atoms with Gasteiger partial charge in [0, 0.05) is 19.4 Å². The number of nitrogens with zero attached hydrogens (tertiary/aromatic N) is 1. The highest BCUT2D eigenvalue weighted by Crippen LogP contribution is 2.30. The number of oxime groups is 1. The number of esters is 1. The molecule has 21 heavy (non-hydrogen) atoms. The number of hydrogen-bond acceptors (Lipinski definition) is 6. The maximum Gasteiger partial charge on any atom is 0.354 e. The highest BCUT2D eigenvalue weighted by Gasteiger charge is 2.47. The predicted molar refractivity (Wildman–Crippen MR) is 78.3 cm³/mol. The monoisotopic (exact) mass is 292 g/mol. The van der Waals surface area contributed by atoms with Crippen molar-refractivity contribution in [2.45, 2.75) is 25.4 Å². The van der Waals surface area contributed by atoms with Gasteiger partial charge in [-0.05, 0) is 24.6 Å². The second-order valence-electron chi connectivity index (χ2n) is 4.87. The van der Waals surface area contributed by atoms with Gasteiger partial charge < -0.3 is 20.0 Å². The van der Waals surface area contributed by atoms with E-state index in [-0.39, 0.29) is 6.54 Å². The zero-order chi connectivity index (χ0) is 15.3. The SMILES string of the molecule is CCOC(=O)C1(Cc2cccc(OC)c2)CC(CN)=NO1. The van der Waals surface area contributed by atoms with Crippen LogP contribution < -0.4 is 10.5 Å². The summed E-state index contributed by atoms with van der Waals surface area (Å²) in [5, 5.41) is 3.91. The zero-order valence-corrected chi connectivity index (χ0v) is 12.3. The van der Waals surface area contributed by atoms with Crippen molar-refractivity contribution >= 4 is 11.7 Å². The lowest BCUT2D eigenvalue weighted by Crippen LogP contribution is -2.43. The van der Waals surface area contributed by atoms with Crippen LogP contribution >= 0.6 is 0 Å². The molecule has 1 atom stereocenters. The van der Waals surface area contributed by atoms with E-state index in [0.29, 0.717) is 25.2 Å². The van der Waals surface area contributed by atoms with Crippen molar-refractivity contribution in [3.05, 3.63) is 29.8 Å². The molecule has 2 rings (SSSR count). The molecule has 0 spiro atoms. The molecule has 1 aliphatic rings. The van der Waals surface area contributed by atoms with Crippen molar-refractivity contribution in [3.8, 4) is 5.75 Å². The third kappa shape index (κ3) is 3.33. The first kappa shape index (κ1) is 15.3. The molecule has 1 aromatic carbocycles. The lowest BCUT2D eigenvalue weighted by Gasteiger charge is -2.24. The third-order valence-electron chi connectivity index (χ3n) is 3.35. The van der Waals surface area contributed by atoms with E-state index in [4.69, 9.17) is 20.0 Å². The van der Waals surface area contributed by atoms with Crippen molar-refractivity contribution in [1.29, 1.82) is 0 Å². The fourth-order valence-corrected chi connectivity index (χ4v) is 2.31. The van der Waals surface area contributed by atoms with Gasteiger partial charge >= 0.3 is 5.97 Å². The van der Waals surface area contributed by atoms with Gasteiger partial charge in [0.2, 0.25) is 5.60 Å². The first-order valence-electron chi connectivity index (χ1n) is 6.87. The van der Waals surface area contributed by atoms with E-state index in [9.17, 15) is 4.79 Å². The summed E-state index contributed by atoms with van der Waals surface area (Å²) in [5.41, 5.74) is 6.03. The number of methoxy groups -OCH3 is 1. The molecule has 1 aliphatic heterocycles. The molecular formula is C15H20N2O4. The molecule has 114 valence electrons. The molecule has 0 amide bonds. The maximum absolute atomic E-state index is 12.3. The molecule has 0 saturated heterocycles. The second kappa shape index (κ2) is 6.58. The summed E-state index contributed by atoms with van der Waals surface area (Å²) in [6.07, 6.45) is 0.704. The standard InChI is InChI=1S/C15H20N2O4/c1-3-20-14(18)15(9-12(10-16)17-21-15)8-11-5-4-6-13(7-11)19-2/h4-7H,3,8-10,16H2,1-2H3. The van der Waals surface area contributed by atoms with E-state index >= 15 is 0 Å². The van der Waals surface area contributed by atoms with Crippen molar-refractivity contribution < 1.29 is 19.1 Å². The van der Waals surface area contributed by atoms with Crippen LogP contribution in [0, 0.1) is 0 Å². The highest BCUT2D eigenvalue weighted by molar-refractivity contribution is 5.94. The molecule has 1 unspecified atom stereocenters. The van der Waals surface area contributed by atoms with Gasteiger partial charge in [0.25, 0.3) is 0 Å². The highest BCUT2D eigenvalue weighted by atomic mass is 16.7. The summed E-state index contributed by atoms with van der Waals surface area (Å²) in [5.74, 6) is 0.310. The van der Waals surface area contributed by atoms with Gasteiger partial charge in [0.1, 0.15) is 5.75 Å². The molecule has 0 bridgehead atoms. The Morgan fingerprint density at radius 2 is 2.33 bits per heavy atom. The summed E-state index contributed by atoms with van der Waals surface area (Å²) in [6.45, 7) is 2.32. The average molecular weight is 292 g/mol. The minimum Gasteiger partial charge on any atom is -0.497 e. The van der Waals surface area contributed by atoms with E-state index in [1.54, 1.807) is 14.0 Å². The van der Waals surface area contributed by atoms with Crippen LogP contribution in [0.1, 0.15) is 18.9 Å². The van der Waals surface area contributed by atoms with E-state index in [0.717, 1.165) is 11.3 Å². The summed E-state index contributed by atoms with van der Waals surface area (Å²) < 4.78 is 10.3. The van der Waals surface area contributed by atoms with E-state index in [1.807, 2.05) is 24.3 Å². The quantitative estimate of drug-likeness (QED) is 0.798. The molecule has 6 nitrogen and oxygen atoms in total. The summed E-state index contributed by atoms with van der Waals surface area (Å²) >= 11 is 0. The van der Waals surface area contributed by atoms with E-state index in [1.165, 1.54) is 0 Å². The number of nitrogens with two attached hydrogens (primary N) is 1. The number of carbonyl (C=O) groups excluding carboxylic acids is 1. The van der Waals surface area contributed by atoms with Crippen LogP contribution in [-0.4, -0.2) is 37.5 Å². The molecule has 6 heteroatoms. The smallest absolute Gasteiger partial charge is 0.354 e. The lowest BCUT2D eigenvalue weighted by molar-refractivity contribution is -0.168. The van der Waals surface area contributed by atoms with Crippen LogP contribution in [0.15, 0.2) is 29.4 Å². The molecule has 0 fully saturated rings. The van der Waals surface area contributed by atoms with Crippen molar-refractivity contribution in [2.75, 3.05) is 20.3 Å². The molecule has 0 aliphatic carbocycles. The third-order valence-corrected chi connectivity index (χ3v) is 3.35. The number of hydrogen-bond donors (Lipinski definition) is 1. The summed E-state index contributed by atoms with van der Waals surface area (Å²) in [4.78, 5) is 17.7. The molecule has 0 aromatic heterocycles. The van der Waals surface area contributed by atoms with Gasteiger partial charge in [-0.2, -0.15) is 0 Å². The second-order valence-corrected chi connectivity index (χ2v) is 4.87. The van der Waals surface area contributed by atoms with Crippen LogP contribution in [0.25, 0.3) is 0 Å². The maximum atomic E-state index is 12.3. The Morgan fingerprint density at radius 3 is 2.95 bits per heavy atom. The molecule has 1 aromatic rings. The van der Waals surface area contributed by atoms with E-state index in [2.05, 4.69) is 5.16 Å². The Labute approximate surface area is 123 Å². The average Bonchev–Trinajstić information content (AvgIpc) is 2.92. The van der Waals surface area contributed by atoms with Crippen molar-refractivity contribution in [2.24, 2.45) is 10.9 Å². The fourth-order valence-electron chi connectivity index (χ4n) is 2.31. The Kier molecular flexibility index (Phi) is 4.80. The molecule has 0 saturated carbocycles. The Bertz CT molecular complexity index is 544. The van der Waals surface area contributed by atoms with Crippen LogP contribution in [0.4, 0.5) is 0 Å². The summed E-state index contributed by atoms with van der Waals surface area (Å²) in [7, 11) is 1.60. The van der Waals surface area contributed by atoms with Crippen LogP contribution in [0.2, 0.25) is 0 Å². The summed E-state index contributed by atoms with van der Waals surface area (Å²) in [6, 6.07) is 7.49. The number of benzene rings is 1. The fraction of sp³-hybridized carbons (Fsp3) is 0.467. The largest absolute Gasteiger partial charge is 0.497 e. The molecule has 0 radical (unpaired) electrons. The van der Waals surface area contributed by atoms with Crippen LogP contribution in [0.5, 0.6) is 5.75 Å². The molecule has 1 heterocycles. The zero-order valence-electron chi connectivity index (χ0n) is 12.3. The first-order chi connectivity index (χ1) is 10.1. The van der Waals surface area contributed by atoms with Gasteiger partial charge in [0.05, 0.1) is 19.4 Å². The minimum absolute atomic E-state index is 0.263. The molecular weight excluding hydrogens is 272 g/mol. The van der Waals surface area contributed by atoms with Gasteiger partial charge in [-0.25, -0.2) is 4.79 Å². The first-order valence-corrected chi connectivity index (χ1v) is 6.87. The van der Waals surface area contributed by atoms with E-state index < -0.39 is 11.6 Å². The minimum atomic E-state index is -1.13. The van der Waals surface area contributed by atoms with Gasteiger partial charge in [-0.15, -0.1) is 0 Å². The topological polar surface area (TPSA) is 83.1 Å². The van der Waals surface area contributed by atoms with Gasteiger partial charge in [0.15, 0.2) is 0 Å². The number of ether oxygens (including phenoxy) is 2. The molecule has 2 N–H and O–H groups in total. The van der Waals surface area contributed by atoms with Crippen molar-refractivity contribution in [1.82, 2.24) is 0 Å². The van der Waals surface area contributed by atoms with Crippen LogP contribution in [-0.2, 0) is 20.8 Å². The number of carbonyl (C=O) groups is 1. The predicted octanol–water partition coefficient (Wildman–Crippen LogP) is 1.27. The normalized spacial score (nSPS) is 20.6. The Hall–Kier alpha value is -2.08. The number of rotatable bonds is 6.